The largest absolute Gasteiger partial charge is 0.494 e. The normalized spacial score (nSPS) is 11.0. The van der Waals surface area contributed by atoms with Crippen molar-refractivity contribution in [1.82, 2.24) is 10.3 Å². The van der Waals surface area contributed by atoms with Crippen LogP contribution >= 0.6 is 0 Å². The van der Waals surface area contributed by atoms with Gasteiger partial charge < -0.3 is 14.5 Å². The van der Waals surface area contributed by atoms with Crippen molar-refractivity contribution < 1.29 is 9.15 Å². The van der Waals surface area contributed by atoms with Gasteiger partial charge in [-0.3, -0.25) is 0 Å². The average molecular weight is 288 g/mol. The average Bonchev–Trinajstić information content (AvgIpc) is 2.94. The van der Waals surface area contributed by atoms with E-state index in [1.54, 1.807) is 6.20 Å². The van der Waals surface area contributed by atoms with Crippen LogP contribution in [0.3, 0.4) is 0 Å². The number of hydrogen-bond acceptors (Lipinski definition) is 4. The van der Waals surface area contributed by atoms with Gasteiger partial charge in [0, 0.05) is 24.6 Å². The quantitative estimate of drug-likeness (QED) is 0.805. The molecule has 0 radical (unpaired) electrons. The molecule has 0 atom stereocenters. The number of rotatable bonds is 8. The van der Waals surface area contributed by atoms with Crippen LogP contribution in [0.2, 0.25) is 0 Å². The van der Waals surface area contributed by atoms with E-state index in [2.05, 4.69) is 31.1 Å². The lowest BCUT2D eigenvalue weighted by molar-refractivity contribution is 0.317. The molecule has 1 aromatic heterocycles. The van der Waals surface area contributed by atoms with Gasteiger partial charge in [0.2, 0.25) is 0 Å². The number of oxazole rings is 1. The predicted octanol–water partition coefficient (Wildman–Crippen LogP) is 3.67. The smallest absolute Gasteiger partial charge is 0.196 e. The lowest BCUT2D eigenvalue weighted by Gasteiger charge is -2.06. The van der Waals surface area contributed by atoms with Crippen molar-refractivity contribution in [3.63, 3.8) is 0 Å². The fourth-order valence-electron chi connectivity index (χ4n) is 1.99. The number of nitrogens with zero attached hydrogens (tertiary/aromatic N) is 1. The van der Waals surface area contributed by atoms with Crippen LogP contribution in [-0.2, 0) is 6.42 Å². The van der Waals surface area contributed by atoms with Crippen LogP contribution in [0.5, 0.6) is 5.75 Å². The highest BCUT2D eigenvalue weighted by molar-refractivity contribution is 5.58. The van der Waals surface area contributed by atoms with E-state index < -0.39 is 0 Å². The third kappa shape index (κ3) is 4.90. The number of hydrogen-bond donors (Lipinski definition) is 1. The van der Waals surface area contributed by atoms with Crippen LogP contribution in [0.4, 0.5) is 0 Å². The summed E-state index contributed by atoms with van der Waals surface area (Å²) in [4.78, 5) is 4.33. The van der Waals surface area contributed by atoms with Gasteiger partial charge in [0.25, 0.3) is 0 Å². The molecule has 0 fully saturated rings. The third-order valence-corrected chi connectivity index (χ3v) is 3.04. The van der Waals surface area contributed by atoms with Crippen molar-refractivity contribution in [3.8, 4) is 17.1 Å². The molecule has 0 saturated carbocycles. The molecule has 114 valence electrons. The first-order chi connectivity index (χ1) is 10.2. The summed E-state index contributed by atoms with van der Waals surface area (Å²) in [5, 5.41) is 3.36. The molecule has 2 aromatic rings. The standard InChI is InChI=1S/C17H24N2O2/c1-4-10-20-15-7-5-6-14(11-15)16-12-19-17(21-16)8-9-18-13(2)3/h5-7,11-13,18H,4,8-10H2,1-3H3. The molecule has 21 heavy (non-hydrogen) atoms. The summed E-state index contributed by atoms with van der Waals surface area (Å²) in [6.07, 6.45) is 3.58. The molecule has 4 nitrogen and oxygen atoms in total. The number of nitrogens with one attached hydrogen (secondary N) is 1. The monoisotopic (exact) mass is 288 g/mol. The second-order valence-electron chi connectivity index (χ2n) is 5.35. The number of benzene rings is 1. The van der Waals surface area contributed by atoms with Gasteiger partial charge in [0.15, 0.2) is 11.7 Å². The number of aromatic nitrogens is 1. The zero-order valence-corrected chi connectivity index (χ0v) is 13.1. The molecule has 1 heterocycles. The third-order valence-electron chi connectivity index (χ3n) is 3.04. The van der Waals surface area contributed by atoms with E-state index in [0.29, 0.717) is 6.04 Å². The minimum atomic E-state index is 0.479. The molecule has 0 aliphatic carbocycles. The second kappa shape index (κ2) is 7.84. The summed E-state index contributed by atoms with van der Waals surface area (Å²) in [5.41, 5.74) is 0.999. The fourth-order valence-corrected chi connectivity index (χ4v) is 1.99. The van der Waals surface area contributed by atoms with Gasteiger partial charge >= 0.3 is 0 Å². The van der Waals surface area contributed by atoms with Crippen molar-refractivity contribution in [3.05, 3.63) is 36.4 Å². The predicted molar refractivity (Wildman–Crippen MR) is 84.6 cm³/mol. The van der Waals surface area contributed by atoms with Crippen LogP contribution in [0.1, 0.15) is 33.1 Å². The van der Waals surface area contributed by atoms with Gasteiger partial charge in [0.1, 0.15) is 5.75 Å². The minimum absolute atomic E-state index is 0.479. The Hall–Kier alpha value is -1.81. The van der Waals surface area contributed by atoms with Gasteiger partial charge in [-0.05, 0) is 18.6 Å². The highest BCUT2D eigenvalue weighted by Crippen LogP contribution is 2.24. The summed E-state index contributed by atoms with van der Waals surface area (Å²) >= 11 is 0. The molecular weight excluding hydrogens is 264 g/mol. The van der Waals surface area contributed by atoms with E-state index in [4.69, 9.17) is 9.15 Å². The Morgan fingerprint density at radius 3 is 2.95 bits per heavy atom. The van der Waals surface area contributed by atoms with Crippen molar-refractivity contribution in [1.29, 1.82) is 0 Å². The molecule has 0 aliphatic heterocycles. The number of ether oxygens (including phenoxy) is 1. The van der Waals surface area contributed by atoms with E-state index in [9.17, 15) is 0 Å². The van der Waals surface area contributed by atoms with E-state index in [1.807, 2.05) is 24.3 Å². The summed E-state index contributed by atoms with van der Waals surface area (Å²) in [6.45, 7) is 7.95. The highest BCUT2D eigenvalue weighted by atomic mass is 16.5. The molecule has 1 N–H and O–H groups in total. The van der Waals surface area contributed by atoms with Crippen LogP contribution < -0.4 is 10.1 Å². The molecule has 4 heteroatoms. The van der Waals surface area contributed by atoms with Gasteiger partial charge in [0.05, 0.1) is 12.8 Å². The molecule has 1 aromatic carbocycles. The first-order valence-corrected chi connectivity index (χ1v) is 7.60. The van der Waals surface area contributed by atoms with Crippen molar-refractivity contribution in [2.45, 2.75) is 39.7 Å². The SMILES string of the molecule is CCCOc1cccc(-c2cnc(CCNC(C)C)o2)c1. The molecule has 0 spiro atoms. The summed E-state index contributed by atoms with van der Waals surface area (Å²) in [7, 11) is 0. The maximum absolute atomic E-state index is 5.80. The van der Waals surface area contributed by atoms with Crippen LogP contribution in [0.25, 0.3) is 11.3 Å². The van der Waals surface area contributed by atoms with Gasteiger partial charge in [-0.1, -0.05) is 32.9 Å². The van der Waals surface area contributed by atoms with Crippen LogP contribution in [0, 0.1) is 0 Å². The van der Waals surface area contributed by atoms with Gasteiger partial charge in [-0.15, -0.1) is 0 Å². The first-order valence-electron chi connectivity index (χ1n) is 7.60. The second-order valence-corrected chi connectivity index (χ2v) is 5.35. The first kappa shape index (κ1) is 15.6. The topological polar surface area (TPSA) is 47.3 Å². The lowest BCUT2D eigenvalue weighted by atomic mass is 10.2. The van der Waals surface area contributed by atoms with E-state index >= 15 is 0 Å². The van der Waals surface area contributed by atoms with E-state index in [1.165, 1.54) is 0 Å². The zero-order valence-electron chi connectivity index (χ0n) is 13.1. The maximum atomic E-state index is 5.80. The Balaban J connectivity index is 2.00. The van der Waals surface area contributed by atoms with Crippen molar-refractivity contribution in [2.24, 2.45) is 0 Å². The van der Waals surface area contributed by atoms with Crippen molar-refractivity contribution in [2.75, 3.05) is 13.2 Å². The van der Waals surface area contributed by atoms with Crippen LogP contribution in [0.15, 0.2) is 34.9 Å². The van der Waals surface area contributed by atoms with Gasteiger partial charge in [-0.2, -0.15) is 0 Å². The molecule has 0 bridgehead atoms. The molecule has 2 rings (SSSR count). The highest BCUT2D eigenvalue weighted by Gasteiger charge is 2.07. The fraction of sp³-hybridized carbons (Fsp3) is 0.471. The van der Waals surface area contributed by atoms with Gasteiger partial charge in [-0.25, -0.2) is 4.98 Å². The Bertz CT molecular complexity index is 549. The Kier molecular flexibility index (Phi) is 5.81. The molecule has 0 unspecified atom stereocenters. The summed E-state index contributed by atoms with van der Waals surface area (Å²) in [5.74, 6) is 2.42. The Morgan fingerprint density at radius 1 is 1.33 bits per heavy atom. The van der Waals surface area contributed by atoms with Crippen molar-refractivity contribution >= 4 is 0 Å². The zero-order chi connectivity index (χ0) is 15.1. The molecular formula is C17H24N2O2. The van der Waals surface area contributed by atoms with E-state index in [0.717, 1.165) is 49.0 Å². The Labute approximate surface area is 126 Å². The molecule has 0 saturated heterocycles. The minimum Gasteiger partial charge on any atom is -0.494 e. The maximum Gasteiger partial charge on any atom is 0.196 e. The summed E-state index contributed by atoms with van der Waals surface area (Å²) in [6, 6.07) is 8.42. The lowest BCUT2D eigenvalue weighted by Crippen LogP contribution is -2.24. The summed E-state index contributed by atoms with van der Waals surface area (Å²) < 4.78 is 11.4. The molecule has 0 aliphatic rings. The van der Waals surface area contributed by atoms with Crippen LogP contribution in [-0.4, -0.2) is 24.2 Å². The Morgan fingerprint density at radius 2 is 2.19 bits per heavy atom. The molecule has 0 amide bonds. The van der Waals surface area contributed by atoms with E-state index in [-0.39, 0.29) is 0 Å².